The summed E-state index contributed by atoms with van der Waals surface area (Å²) in [7, 11) is 1.88. The molecule has 0 radical (unpaired) electrons. The summed E-state index contributed by atoms with van der Waals surface area (Å²) in [4.78, 5) is 4.20. The fraction of sp³-hybridized carbons (Fsp3) is 0.333. The fourth-order valence-electron chi connectivity index (χ4n) is 2.56. The van der Waals surface area contributed by atoms with Crippen LogP contribution in [-0.2, 0) is 20.0 Å². The number of imidazole rings is 1. The first kappa shape index (κ1) is 12.9. The van der Waals surface area contributed by atoms with Gasteiger partial charge in [-0.25, -0.2) is 4.98 Å². The van der Waals surface area contributed by atoms with E-state index in [-0.39, 0.29) is 0 Å². The van der Waals surface area contributed by atoms with Crippen LogP contribution >= 0.6 is 0 Å². The Labute approximate surface area is 117 Å². The topological polar surface area (TPSA) is 55.9 Å². The van der Waals surface area contributed by atoms with Gasteiger partial charge in [0.25, 0.3) is 0 Å². The molecule has 0 aliphatic heterocycles. The summed E-state index contributed by atoms with van der Waals surface area (Å²) in [5, 5.41) is 16.1. The molecule has 5 heteroatoms. The Morgan fingerprint density at radius 3 is 2.80 bits per heavy atom. The number of nitrogens with zero attached hydrogens (tertiary/aromatic N) is 4. The lowest BCUT2D eigenvalue weighted by molar-refractivity contribution is 0.164. The molecule has 1 atom stereocenters. The van der Waals surface area contributed by atoms with E-state index >= 15 is 0 Å². The number of aliphatic hydroxyl groups is 1. The largest absolute Gasteiger partial charge is 0.385 e. The molecule has 20 heavy (non-hydrogen) atoms. The molecule has 3 rings (SSSR count). The zero-order valence-electron chi connectivity index (χ0n) is 11.7. The third-order valence-electron chi connectivity index (χ3n) is 3.58. The van der Waals surface area contributed by atoms with E-state index in [0.29, 0.717) is 12.2 Å². The minimum Gasteiger partial charge on any atom is -0.385 e. The maximum Gasteiger partial charge on any atom is 0.137 e. The number of aromatic nitrogens is 4. The van der Waals surface area contributed by atoms with Crippen LogP contribution in [0.15, 0.2) is 36.7 Å². The molecule has 5 nitrogen and oxygen atoms in total. The normalized spacial score (nSPS) is 12.9. The average molecular weight is 270 g/mol. The standard InChI is InChI=1S/C15H18N4O/c1-3-19-13-7-5-4-6-11(13)12(17-19)10-14(20)15-16-8-9-18(15)2/h4-9,14,20H,3,10H2,1-2H3. The highest BCUT2D eigenvalue weighted by atomic mass is 16.3. The molecule has 104 valence electrons. The van der Waals surface area contributed by atoms with Gasteiger partial charge in [0, 0.05) is 37.8 Å². The molecule has 2 heterocycles. The molecule has 1 N–H and O–H groups in total. The highest BCUT2D eigenvalue weighted by Gasteiger charge is 2.17. The van der Waals surface area contributed by atoms with Crippen molar-refractivity contribution in [1.29, 1.82) is 0 Å². The second-order valence-electron chi connectivity index (χ2n) is 4.90. The molecule has 2 aromatic heterocycles. The lowest BCUT2D eigenvalue weighted by atomic mass is 10.1. The minimum atomic E-state index is -0.640. The van der Waals surface area contributed by atoms with Crippen LogP contribution in [-0.4, -0.2) is 24.4 Å². The Hall–Kier alpha value is -2.14. The maximum atomic E-state index is 10.4. The Balaban J connectivity index is 1.97. The SMILES string of the molecule is CCn1nc(CC(O)c2nccn2C)c2ccccc21. The summed E-state index contributed by atoms with van der Waals surface area (Å²) in [5.74, 6) is 0.667. The summed E-state index contributed by atoms with van der Waals surface area (Å²) in [6, 6.07) is 8.12. The second-order valence-corrected chi connectivity index (χ2v) is 4.90. The van der Waals surface area contributed by atoms with E-state index in [1.54, 1.807) is 6.20 Å². The van der Waals surface area contributed by atoms with Gasteiger partial charge in [0.05, 0.1) is 11.2 Å². The van der Waals surface area contributed by atoms with Crippen LogP contribution in [0.2, 0.25) is 0 Å². The van der Waals surface area contributed by atoms with Gasteiger partial charge in [-0.2, -0.15) is 5.10 Å². The first-order valence-electron chi connectivity index (χ1n) is 6.80. The van der Waals surface area contributed by atoms with Crippen molar-refractivity contribution in [1.82, 2.24) is 19.3 Å². The predicted molar refractivity (Wildman–Crippen MR) is 77.3 cm³/mol. The third-order valence-corrected chi connectivity index (χ3v) is 3.58. The average Bonchev–Trinajstić information content (AvgIpc) is 3.03. The van der Waals surface area contributed by atoms with E-state index in [4.69, 9.17) is 0 Å². The Morgan fingerprint density at radius 2 is 2.10 bits per heavy atom. The van der Waals surface area contributed by atoms with Crippen LogP contribution in [0.5, 0.6) is 0 Å². The van der Waals surface area contributed by atoms with Crippen LogP contribution in [0.4, 0.5) is 0 Å². The van der Waals surface area contributed by atoms with E-state index in [0.717, 1.165) is 23.1 Å². The molecule has 0 aliphatic rings. The summed E-state index contributed by atoms with van der Waals surface area (Å²) >= 11 is 0. The molecule has 0 fully saturated rings. The fourth-order valence-corrected chi connectivity index (χ4v) is 2.56. The van der Waals surface area contributed by atoms with Gasteiger partial charge in [-0.1, -0.05) is 18.2 Å². The Bertz CT molecular complexity index is 728. The van der Waals surface area contributed by atoms with Crippen LogP contribution in [0, 0.1) is 0 Å². The lowest BCUT2D eigenvalue weighted by Gasteiger charge is -2.09. The van der Waals surface area contributed by atoms with Gasteiger partial charge in [-0.3, -0.25) is 4.68 Å². The molecule has 1 aromatic carbocycles. The molecule has 0 saturated carbocycles. The van der Waals surface area contributed by atoms with Crippen LogP contribution in [0.3, 0.4) is 0 Å². The summed E-state index contributed by atoms with van der Waals surface area (Å²) in [6.45, 7) is 2.89. The lowest BCUT2D eigenvalue weighted by Crippen LogP contribution is -2.09. The van der Waals surface area contributed by atoms with E-state index in [1.165, 1.54) is 0 Å². The molecule has 0 aliphatic carbocycles. The second kappa shape index (κ2) is 5.09. The van der Waals surface area contributed by atoms with Crippen LogP contribution in [0.25, 0.3) is 10.9 Å². The molecular weight excluding hydrogens is 252 g/mol. The summed E-state index contributed by atoms with van der Waals surface area (Å²) in [6.07, 6.45) is 3.36. The van der Waals surface area contributed by atoms with Gasteiger partial charge < -0.3 is 9.67 Å². The first-order chi connectivity index (χ1) is 9.70. The first-order valence-corrected chi connectivity index (χ1v) is 6.80. The van der Waals surface area contributed by atoms with Crippen molar-refractivity contribution in [3.05, 3.63) is 48.2 Å². The molecule has 0 saturated heterocycles. The number of aliphatic hydroxyl groups excluding tert-OH is 1. The van der Waals surface area contributed by atoms with E-state index in [2.05, 4.69) is 29.1 Å². The third kappa shape index (κ3) is 2.10. The maximum absolute atomic E-state index is 10.4. The predicted octanol–water partition coefficient (Wildman–Crippen LogP) is 2.07. The van der Waals surface area contributed by atoms with E-state index < -0.39 is 6.10 Å². The molecule has 0 amide bonds. The van der Waals surface area contributed by atoms with Crippen LogP contribution in [0.1, 0.15) is 24.5 Å². The van der Waals surface area contributed by atoms with Crippen molar-refractivity contribution < 1.29 is 5.11 Å². The van der Waals surface area contributed by atoms with Gasteiger partial charge in [0.15, 0.2) is 0 Å². The van der Waals surface area contributed by atoms with Crippen molar-refractivity contribution in [2.75, 3.05) is 0 Å². The van der Waals surface area contributed by atoms with Crippen molar-refractivity contribution in [3.63, 3.8) is 0 Å². The van der Waals surface area contributed by atoms with Crippen molar-refractivity contribution in [2.24, 2.45) is 7.05 Å². The highest BCUT2D eigenvalue weighted by molar-refractivity contribution is 5.82. The van der Waals surface area contributed by atoms with Crippen molar-refractivity contribution in [3.8, 4) is 0 Å². The minimum absolute atomic E-state index is 0.471. The summed E-state index contributed by atoms with van der Waals surface area (Å²) < 4.78 is 3.81. The number of hydrogen-bond donors (Lipinski definition) is 1. The van der Waals surface area contributed by atoms with Gasteiger partial charge in [0.1, 0.15) is 11.9 Å². The Kier molecular flexibility index (Phi) is 3.28. The van der Waals surface area contributed by atoms with Gasteiger partial charge >= 0.3 is 0 Å². The van der Waals surface area contributed by atoms with Gasteiger partial charge in [0.2, 0.25) is 0 Å². The number of rotatable bonds is 4. The van der Waals surface area contributed by atoms with E-state index in [9.17, 15) is 5.11 Å². The molecule has 0 bridgehead atoms. The highest BCUT2D eigenvalue weighted by Crippen LogP contribution is 2.23. The van der Waals surface area contributed by atoms with Gasteiger partial charge in [-0.05, 0) is 13.0 Å². The molecule has 1 unspecified atom stereocenters. The molecule has 3 aromatic rings. The zero-order chi connectivity index (χ0) is 14.1. The summed E-state index contributed by atoms with van der Waals surface area (Å²) in [5.41, 5.74) is 2.02. The number of fused-ring (bicyclic) bond motifs is 1. The van der Waals surface area contributed by atoms with Crippen molar-refractivity contribution >= 4 is 10.9 Å². The van der Waals surface area contributed by atoms with Crippen molar-refractivity contribution in [2.45, 2.75) is 26.0 Å². The van der Waals surface area contributed by atoms with E-state index in [1.807, 2.05) is 34.6 Å². The smallest absolute Gasteiger partial charge is 0.137 e. The zero-order valence-corrected chi connectivity index (χ0v) is 11.7. The Morgan fingerprint density at radius 1 is 1.30 bits per heavy atom. The monoisotopic (exact) mass is 270 g/mol. The molecular formula is C15H18N4O. The van der Waals surface area contributed by atoms with Gasteiger partial charge in [-0.15, -0.1) is 0 Å². The number of hydrogen-bond acceptors (Lipinski definition) is 3. The molecule has 0 spiro atoms. The number of para-hydroxylation sites is 1. The number of aryl methyl sites for hydroxylation is 2. The van der Waals surface area contributed by atoms with Crippen LogP contribution < -0.4 is 0 Å². The quantitative estimate of drug-likeness (QED) is 0.789. The number of benzene rings is 1.